The van der Waals surface area contributed by atoms with Gasteiger partial charge in [-0.1, -0.05) is 0 Å². The first kappa shape index (κ1) is 16.5. The summed E-state index contributed by atoms with van der Waals surface area (Å²) in [4.78, 5) is 11.7. The van der Waals surface area contributed by atoms with Crippen LogP contribution in [0.15, 0.2) is 24.4 Å². The number of nitrogens with one attached hydrogen (secondary N) is 1. The molecule has 2 aromatic rings. The van der Waals surface area contributed by atoms with Crippen molar-refractivity contribution >= 4 is 34.9 Å². The van der Waals surface area contributed by atoms with Crippen molar-refractivity contribution in [1.29, 1.82) is 0 Å². The largest absolute Gasteiger partial charge is 0.327 e. The summed E-state index contributed by atoms with van der Waals surface area (Å²) in [5.41, 5.74) is 7.41. The van der Waals surface area contributed by atoms with Crippen LogP contribution in [0.3, 0.4) is 0 Å². The Balaban J connectivity index is 0.00000200. The first-order valence-electron chi connectivity index (χ1n) is 6.50. The lowest BCUT2D eigenvalue weighted by Crippen LogP contribution is -2.23. The van der Waals surface area contributed by atoms with Crippen LogP contribution >= 0.6 is 12.4 Å². The molecule has 0 bridgehead atoms. The zero-order chi connectivity index (χ0) is 14.0. The maximum atomic E-state index is 11.7. The second kappa shape index (κ2) is 6.72. The first-order chi connectivity index (χ1) is 8.97. The fraction of sp³-hybridized carbons (Fsp3) is 0.429. The quantitative estimate of drug-likeness (QED) is 0.911. The van der Waals surface area contributed by atoms with E-state index in [2.05, 4.69) is 24.3 Å². The fourth-order valence-corrected chi connectivity index (χ4v) is 2.03. The van der Waals surface area contributed by atoms with Crippen LogP contribution in [0.5, 0.6) is 0 Å². The molecule has 1 atom stereocenters. The van der Waals surface area contributed by atoms with Crippen LogP contribution in [0.25, 0.3) is 10.9 Å². The minimum absolute atomic E-state index is 0. The van der Waals surface area contributed by atoms with Crippen molar-refractivity contribution in [3.05, 3.63) is 24.4 Å². The van der Waals surface area contributed by atoms with Crippen molar-refractivity contribution in [3.8, 4) is 0 Å². The summed E-state index contributed by atoms with van der Waals surface area (Å²) in [6.07, 6.45) is 2.16. The van der Waals surface area contributed by atoms with Crippen molar-refractivity contribution in [2.75, 3.05) is 5.32 Å². The highest BCUT2D eigenvalue weighted by Gasteiger charge is 2.09. The lowest BCUT2D eigenvalue weighted by molar-refractivity contribution is -0.116. The predicted octanol–water partition coefficient (Wildman–Crippen LogP) is 2.71. The van der Waals surface area contributed by atoms with Gasteiger partial charge in [-0.05, 0) is 39.0 Å². The Hall–Kier alpha value is -1.59. The average molecular weight is 297 g/mol. The standard InChI is InChI=1S/C14H20N4O.ClH/c1-9(2)18-13-7-12(5-4-11(13)8-16-18)17-14(19)6-10(3)15;/h4-5,7-10H,6,15H2,1-3H3,(H,17,19);1H. The van der Waals surface area contributed by atoms with Crippen molar-refractivity contribution in [2.45, 2.75) is 39.3 Å². The molecule has 1 aromatic carbocycles. The third kappa shape index (κ3) is 3.71. The van der Waals surface area contributed by atoms with Crippen LogP contribution < -0.4 is 11.1 Å². The summed E-state index contributed by atoms with van der Waals surface area (Å²) in [6.45, 7) is 5.97. The Bertz CT molecular complexity index is 592. The first-order valence-corrected chi connectivity index (χ1v) is 6.50. The highest BCUT2D eigenvalue weighted by molar-refractivity contribution is 5.93. The van der Waals surface area contributed by atoms with Gasteiger partial charge in [0.05, 0.1) is 11.7 Å². The van der Waals surface area contributed by atoms with Crippen LogP contribution in [0.2, 0.25) is 0 Å². The molecule has 5 nitrogen and oxygen atoms in total. The Morgan fingerprint density at radius 3 is 2.70 bits per heavy atom. The highest BCUT2D eigenvalue weighted by Crippen LogP contribution is 2.21. The maximum absolute atomic E-state index is 11.7. The zero-order valence-electron chi connectivity index (χ0n) is 12.0. The molecule has 0 aliphatic heterocycles. The molecule has 6 heteroatoms. The monoisotopic (exact) mass is 296 g/mol. The molecule has 1 unspecified atom stereocenters. The number of aromatic nitrogens is 2. The second-order valence-electron chi connectivity index (χ2n) is 5.19. The normalized spacial score (nSPS) is 12.2. The number of nitrogens with zero attached hydrogens (tertiary/aromatic N) is 2. The predicted molar refractivity (Wildman–Crippen MR) is 84.3 cm³/mol. The van der Waals surface area contributed by atoms with Gasteiger partial charge in [-0.15, -0.1) is 12.4 Å². The van der Waals surface area contributed by atoms with E-state index in [0.29, 0.717) is 6.42 Å². The van der Waals surface area contributed by atoms with Gasteiger partial charge < -0.3 is 11.1 Å². The van der Waals surface area contributed by atoms with E-state index in [4.69, 9.17) is 5.73 Å². The molecule has 0 spiro atoms. The van der Waals surface area contributed by atoms with E-state index < -0.39 is 0 Å². The van der Waals surface area contributed by atoms with Crippen LogP contribution in [0.4, 0.5) is 5.69 Å². The fourth-order valence-electron chi connectivity index (χ4n) is 2.03. The number of amides is 1. The molecule has 0 aliphatic carbocycles. The van der Waals surface area contributed by atoms with Crippen molar-refractivity contribution < 1.29 is 4.79 Å². The van der Waals surface area contributed by atoms with E-state index in [1.165, 1.54) is 0 Å². The summed E-state index contributed by atoms with van der Waals surface area (Å²) >= 11 is 0. The number of nitrogens with two attached hydrogens (primary N) is 1. The number of hydrogen-bond donors (Lipinski definition) is 2. The number of benzene rings is 1. The third-order valence-corrected chi connectivity index (χ3v) is 2.88. The van der Waals surface area contributed by atoms with Gasteiger partial charge in [0, 0.05) is 29.6 Å². The van der Waals surface area contributed by atoms with E-state index in [1.54, 1.807) is 0 Å². The topological polar surface area (TPSA) is 72.9 Å². The van der Waals surface area contributed by atoms with Gasteiger partial charge in [0.2, 0.25) is 5.91 Å². The molecule has 110 valence electrons. The smallest absolute Gasteiger partial charge is 0.225 e. The number of carbonyl (C=O) groups is 1. The molecule has 1 amide bonds. The Morgan fingerprint density at radius 1 is 1.40 bits per heavy atom. The van der Waals surface area contributed by atoms with Gasteiger partial charge in [-0.3, -0.25) is 9.48 Å². The van der Waals surface area contributed by atoms with E-state index >= 15 is 0 Å². The summed E-state index contributed by atoms with van der Waals surface area (Å²) in [7, 11) is 0. The molecule has 1 heterocycles. The van der Waals surface area contributed by atoms with Crippen LogP contribution in [0.1, 0.15) is 33.2 Å². The molecule has 0 radical (unpaired) electrons. The van der Waals surface area contributed by atoms with Crippen LogP contribution in [0, 0.1) is 0 Å². The van der Waals surface area contributed by atoms with Crippen LogP contribution in [-0.4, -0.2) is 21.7 Å². The molecule has 0 saturated carbocycles. The molecule has 0 saturated heterocycles. The zero-order valence-corrected chi connectivity index (χ0v) is 12.8. The minimum atomic E-state index is -0.134. The maximum Gasteiger partial charge on any atom is 0.225 e. The SMILES string of the molecule is CC(N)CC(=O)Nc1ccc2cnn(C(C)C)c2c1.Cl. The number of fused-ring (bicyclic) bond motifs is 1. The summed E-state index contributed by atoms with van der Waals surface area (Å²) in [5.74, 6) is -0.0648. The van der Waals surface area contributed by atoms with E-state index in [0.717, 1.165) is 16.6 Å². The highest BCUT2D eigenvalue weighted by atomic mass is 35.5. The number of hydrogen-bond acceptors (Lipinski definition) is 3. The summed E-state index contributed by atoms with van der Waals surface area (Å²) < 4.78 is 1.94. The van der Waals surface area contributed by atoms with Crippen molar-refractivity contribution in [1.82, 2.24) is 9.78 Å². The average Bonchev–Trinajstić information content (AvgIpc) is 2.70. The van der Waals surface area contributed by atoms with E-state index in [1.807, 2.05) is 36.0 Å². The third-order valence-electron chi connectivity index (χ3n) is 2.88. The van der Waals surface area contributed by atoms with Gasteiger partial charge >= 0.3 is 0 Å². The number of carbonyl (C=O) groups excluding carboxylic acids is 1. The lowest BCUT2D eigenvalue weighted by atomic mass is 10.2. The summed E-state index contributed by atoms with van der Waals surface area (Å²) in [6, 6.07) is 5.94. The lowest BCUT2D eigenvalue weighted by Gasteiger charge is -2.10. The van der Waals surface area contributed by atoms with Crippen molar-refractivity contribution in [3.63, 3.8) is 0 Å². The van der Waals surface area contributed by atoms with Gasteiger partial charge in [-0.25, -0.2) is 0 Å². The molecular weight excluding hydrogens is 276 g/mol. The summed E-state index contributed by atoms with van der Waals surface area (Å²) in [5, 5.41) is 8.28. The number of halogens is 1. The van der Waals surface area contributed by atoms with Crippen LogP contribution in [-0.2, 0) is 4.79 Å². The van der Waals surface area contributed by atoms with Crippen molar-refractivity contribution in [2.24, 2.45) is 5.73 Å². The number of rotatable bonds is 4. The van der Waals surface area contributed by atoms with Gasteiger partial charge in [-0.2, -0.15) is 5.10 Å². The second-order valence-corrected chi connectivity index (χ2v) is 5.19. The van der Waals surface area contributed by atoms with E-state index in [9.17, 15) is 4.79 Å². The minimum Gasteiger partial charge on any atom is -0.327 e. The molecule has 0 fully saturated rings. The van der Waals surface area contributed by atoms with Gasteiger partial charge in [0.15, 0.2) is 0 Å². The molecule has 1 aromatic heterocycles. The molecule has 20 heavy (non-hydrogen) atoms. The Kier molecular flexibility index (Phi) is 5.53. The van der Waals surface area contributed by atoms with Gasteiger partial charge in [0.1, 0.15) is 0 Å². The molecule has 3 N–H and O–H groups in total. The number of anilines is 1. The molecule has 0 aliphatic rings. The Morgan fingerprint density at radius 2 is 2.10 bits per heavy atom. The van der Waals surface area contributed by atoms with Gasteiger partial charge in [0.25, 0.3) is 0 Å². The Labute approximate surface area is 124 Å². The molecular formula is C14H21ClN4O. The van der Waals surface area contributed by atoms with E-state index in [-0.39, 0.29) is 30.4 Å². The molecule has 2 rings (SSSR count).